The highest BCUT2D eigenvalue weighted by atomic mass is 19.1. The Morgan fingerprint density at radius 1 is 1.14 bits per heavy atom. The quantitative estimate of drug-likeness (QED) is 0.532. The number of ether oxygens (including phenoxy) is 1. The first-order chi connectivity index (χ1) is 17.3. The van der Waals surface area contributed by atoms with Gasteiger partial charge in [-0.25, -0.2) is 9.37 Å². The summed E-state index contributed by atoms with van der Waals surface area (Å²) in [5.74, 6) is -1.49. The summed E-state index contributed by atoms with van der Waals surface area (Å²) in [5.41, 5.74) is -0.171. The second kappa shape index (κ2) is 11.2. The van der Waals surface area contributed by atoms with Crippen molar-refractivity contribution in [1.29, 1.82) is 0 Å². The molecule has 2 aliphatic heterocycles. The molecular weight excluding hydrogens is 467 g/mol. The number of hydrogen-bond acceptors (Lipinski definition) is 6. The van der Waals surface area contributed by atoms with Gasteiger partial charge in [0, 0.05) is 39.3 Å². The van der Waals surface area contributed by atoms with Crippen molar-refractivity contribution < 1.29 is 23.5 Å². The molecule has 2 aliphatic rings. The summed E-state index contributed by atoms with van der Waals surface area (Å²) in [7, 11) is 0. The summed E-state index contributed by atoms with van der Waals surface area (Å²) >= 11 is 0. The average molecular weight is 501 g/mol. The smallest absolute Gasteiger partial charge is 0.273 e. The summed E-state index contributed by atoms with van der Waals surface area (Å²) in [5, 5.41) is 5.74. The minimum absolute atomic E-state index is 0.0665. The van der Waals surface area contributed by atoms with E-state index in [4.69, 9.17) is 4.74 Å². The number of halogens is 1. The Morgan fingerprint density at radius 2 is 1.86 bits per heavy atom. The van der Waals surface area contributed by atoms with Crippen LogP contribution in [0.15, 0.2) is 30.6 Å². The van der Waals surface area contributed by atoms with E-state index in [0.717, 1.165) is 18.7 Å². The molecule has 0 bridgehead atoms. The topological polar surface area (TPSA) is 109 Å². The molecule has 4 rings (SSSR count). The highest BCUT2D eigenvalue weighted by Crippen LogP contribution is 2.29. The normalized spacial score (nSPS) is 20.2. The first kappa shape index (κ1) is 25.8. The third-order valence-electron chi connectivity index (χ3n) is 6.69. The highest BCUT2D eigenvalue weighted by Gasteiger charge is 2.48. The maximum absolute atomic E-state index is 13.6. The molecule has 1 fully saturated rings. The van der Waals surface area contributed by atoms with E-state index in [-0.39, 0.29) is 36.2 Å². The van der Waals surface area contributed by atoms with Gasteiger partial charge in [-0.05, 0) is 31.0 Å². The van der Waals surface area contributed by atoms with E-state index < -0.39 is 17.4 Å². The summed E-state index contributed by atoms with van der Waals surface area (Å²) in [6.45, 7) is 8.48. The zero-order chi connectivity index (χ0) is 25.7. The number of amides is 3. The standard InChI is InChI=1S/C25H33FN6O4/c1-3-9-32-23(34)21-20(22(33)27-8-10-30-11-13-36-14-12-30)29-17-31(21)16-25(32,2)24(35)28-15-18-4-6-19(26)7-5-18/h4-7,17H,3,8-16H2,1-2H3,(H,27,33)(H,28,35)/t25-/m0/s1. The van der Waals surface area contributed by atoms with Crippen molar-refractivity contribution >= 4 is 17.7 Å². The molecule has 36 heavy (non-hydrogen) atoms. The number of rotatable bonds is 9. The predicted molar refractivity (Wildman–Crippen MR) is 130 cm³/mol. The molecule has 2 N–H and O–H groups in total. The number of carbonyl (C=O) groups excluding carboxylic acids is 3. The van der Waals surface area contributed by atoms with E-state index in [1.54, 1.807) is 23.6 Å². The molecule has 2 aromatic rings. The lowest BCUT2D eigenvalue weighted by Crippen LogP contribution is -2.64. The summed E-state index contributed by atoms with van der Waals surface area (Å²) in [6.07, 6.45) is 2.08. The van der Waals surface area contributed by atoms with Crippen LogP contribution in [-0.4, -0.2) is 88.5 Å². The fraction of sp³-hybridized carbons (Fsp3) is 0.520. The van der Waals surface area contributed by atoms with Crippen molar-refractivity contribution in [1.82, 2.24) is 30.0 Å². The van der Waals surface area contributed by atoms with Gasteiger partial charge >= 0.3 is 0 Å². The number of morpholine rings is 1. The third kappa shape index (κ3) is 5.41. The van der Waals surface area contributed by atoms with Crippen LogP contribution < -0.4 is 10.6 Å². The molecule has 11 heteroatoms. The molecule has 1 aromatic heterocycles. The van der Waals surface area contributed by atoms with Crippen molar-refractivity contribution in [3.63, 3.8) is 0 Å². The molecule has 0 spiro atoms. The first-order valence-corrected chi connectivity index (χ1v) is 12.3. The molecule has 1 saturated heterocycles. The number of nitrogens with zero attached hydrogens (tertiary/aromatic N) is 4. The Bertz CT molecular complexity index is 1100. The number of fused-ring (bicyclic) bond motifs is 1. The van der Waals surface area contributed by atoms with Crippen molar-refractivity contribution in [3.8, 4) is 0 Å². The van der Waals surface area contributed by atoms with Gasteiger partial charge in [0.1, 0.15) is 17.1 Å². The fourth-order valence-electron chi connectivity index (χ4n) is 4.64. The minimum Gasteiger partial charge on any atom is -0.379 e. The highest BCUT2D eigenvalue weighted by molar-refractivity contribution is 6.07. The lowest BCUT2D eigenvalue weighted by atomic mass is 9.94. The number of imidazole rings is 1. The number of benzene rings is 1. The molecule has 0 unspecified atom stereocenters. The lowest BCUT2D eigenvalue weighted by molar-refractivity contribution is -0.133. The van der Waals surface area contributed by atoms with Gasteiger partial charge in [0.15, 0.2) is 5.69 Å². The van der Waals surface area contributed by atoms with Gasteiger partial charge in [-0.1, -0.05) is 19.1 Å². The Labute approximate surface area is 209 Å². The molecule has 1 atom stereocenters. The Morgan fingerprint density at radius 3 is 2.56 bits per heavy atom. The molecule has 1 aromatic carbocycles. The largest absolute Gasteiger partial charge is 0.379 e. The van der Waals surface area contributed by atoms with Crippen LogP contribution >= 0.6 is 0 Å². The van der Waals surface area contributed by atoms with E-state index >= 15 is 0 Å². The van der Waals surface area contributed by atoms with Crippen molar-refractivity contribution in [2.45, 2.75) is 38.9 Å². The molecule has 194 valence electrons. The second-order valence-electron chi connectivity index (χ2n) is 9.32. The maximum Gasteiger partial charge on any atom is 0.273 e. The van der Waals surface area contributed by atoms with E-state index in [1.165, 1.54) is 23.4 Å². The molecule has 0 radical (unpaired) electrons. The zero-order valence-electron chi connectivity index (χ0n) is 20.8. The number of aromatic nitrogens is 2. The molecule has 3 amide bonds. The van der Waals surface area contributed by atoms with Crippen LogP contribution in [-0.2, 0) is 22.6 Å². The van der Waals surface area contributed by atoms with E-state index in [0.29, 0.717) is 39.3 Å². The predicted octanol–water partition coefficient (Wildman–Crippen LogP) is 1.03. The van der Waals surface area contributed by atoms with Gasteiger partial charge in [-0.2, -0.15) is 0 Å². The van der Waals surface area contributed by atoms with Crippen molar-refractivity contribution in [3.05, 3.63) is 53.4 Å². The maximum atomic E-state index is 13.6. The Balaban J connectivity index is 1.46. The van der Waals surface area contributed by atoms with E-state index in [1.807, 2.05) is 6.92 Å². The SMILES string of the molecule is CCCN1C(=O)c2c(C(=O)NCCN3CCOCC3)ncn2C[C@@]1(C)C(=O)NCc1ccc(F)cc1. The Hall–Kier alpha value is -3.31. The van der Waals surface area contributed by atoms with Crippen LogP contribution in [0.5, 0.6) is 0 Å². The second-order valence-corrected chi connectivity index (χ2v) is 9.32. The average Bonchev–Trinajstić information content (AvgIpc) is 3.30. The molecule has 3 heterocycles. The van der Waals surface area contributed by atoms with Crippen LogP contribution in [0.3, 0.4) is 0 Å². The summed E-state index contributed by atoms with van der Waals surface area (Å²) in [4.78, 5) is 47.8. The first-order valence-electron chi connectivity index (χ1n) is 12.3. The van der Waals surface area contributed by atoms with Gasteiger partial charge < -0.3 is 24.8 Å². The number of nitrogens with one attached hydrogen (secondary N) is 2. The van der Waals surface area contributed by atoms with Crippen molar-refractivity contribution in [2.24, 2.45) is 0 Å². The third-order valence-corrected chi connectivity index (χ3v) is 6.69. The molecular formula is C25H33FN6O4. The van der Waals surface area contributed by atoms with E-state index in [9.17, 15) is 18.8 Å². The van der Waals surface area contributed by atoms with E-state index in [2.05, 4.69) is 20.5 Å². The fourth-order valence-corrected chi connectivity index (χ4v) is 4.64. The van der Waals surface area contributed by atoms with Crippen molar-refractivity contribution in [2.75, 3.05) is 45.9 Å². The lowest BCUT2D eigenvalue weighted by Gasteiger charge is -2.43. The van der Waals surface area contributed by atoms with Gasteiger partial charge in [-0.15, -0.1) is 0 Å². The summed E-state index contributed by atoms with van der Waals surface area (Å²) in [6, 6.07) is 5.88. The summed E-state index contributed by atoms with van der Waals surface area (Å²) < 4.78 is 20.1. The number of hydrogen-bond donors (Lipinski definition) is 2. The van der Waals surface area contributed by atoms with Gasteiger partial charge in [0.25, 0.3) is 11.8 Å². The van der Waals surface area contributed by atoms with Gasteiger partial charge in [0.2, 0.25) is 5.91 Å². The van der Waals surface area contributed by atoms with Crippen LogP contribution in [0.25, 0.3) is 0 Å². The Kier molecular flexibility index (Phi) is 8.00. The minimum atomic E-state index is -1.18. The van der Waals surface area contributed by atoms with Crippen LogP contribution in [0.4, 0.5) is 4.39 Å². The number of carbonyl (C=O) groups is 3. The van der Waals surface area contributed by atoms with Gasteiger partial charge in [-0.3, -0.25) is 19.3 Å². The monoisotopic (exact) mass is 500 g/mol. The molecule has 0 aliphatic carbocycles. The zero-order valence-corrected chi connectivity index (χ0v) is 20.8. The molecule has 0 saturated carbocycles. The molecule has 10 nitrogen and oxygen atoms in total. The van der Waals surface area contributed by atoms with Crippen LogP contribution in [0, 0.1) is 5.82 Å². The van der Waals surface area contributed by atoms with Crippen LogP contribution in [0.2, 0.25) is 0 Å². The van der Waals surface area contributed by atoms with Crippen LogP contribution in [0.1, 0.15) is 46.8 Å². The van der Waals surface area contributed by atoms with Gasteiger partial charge in [0.05, 0.1) is 26.1 Å².